The molecule has 2 heteroatoms. The van der Waals surface area contributed by atoms with Crippen LogP contribution in [-0.2, 0) is 6.42 Å². The number of hydrogen-bond donors (Lipinski definition) is 0. The molecule has 0 aliphatic carbocycles. The Kier molecular flexibility index (Phi) is 6.40. The number of hydrogen-bond acceptors (Lipinski definition) is 2. The number of aryl methyl sites for hydroxylation is 1. The van der Waals surface area contributed by atoms with E-state index in [0.29, 0.717) is 0 Å². The molecule has 6 aromatic carbocycles. The van der Waals surface area contributed by atoms with Crippen LogP contribution >= 0.6 is 22.7 Å². The van der Waals surface area contributed by atoms with E-state index in [0.717, 1.165) is 6.42 Å². The summed E-state index contributed by atoms with van der Waals surface area (Å²) in [4.78, 5) is 0. The highest BCUT2D eigenvalue weighted by molar-refractivity contribution is 7.26. The highest BCUT2D eigenvalue weighted by Crippen LogP contribution is 2.50. The van der Waals surface area contributed by atoms with Crippen molar-refractivity contribution < 1.29 is 0 Å². The van der Waals surface area contributed by atoms with Crippen LogP contribution in [0.25, 0.3) is 73.0 Å². The van der Waals surface area contributed by atoms with Crippen molar-refractivity contribution in [3.63, 3.8) is 0 Å². The normalized spacial score (nSPS) is 11.7. The minimum atomic E-state index is 1.06. The molecule has 42 heavy (non-hydrogen) atoms. The number of unbranched alkanes of at least 4 members (excludes halogenated alkanes) is 1. The van der Waals surface area contributed by atoms with Crippen LogP contribution in [0.15, 0.2) is 127 Å². The van der Waals surface area contributed by atoms with Gasteiger partial charge in [0.25, 0.3) is 0 Å². The number of benzene rings is 6. The van der Waals surface area contributed by atoms with Gasteiger partial charge >= 0.3 is 0 Å². The standard InChI is InChI=1S/C40H30S2/c1-2-3-17-32-36(26-15-5-4-6-16-26)37-29-20-8-7-18-27(29)28-19-9-12-23-33(28)41-34-24-13-10-21-30(34)38(37)39-31-22-11-14-25-35(31)42-40(32)39/h4-16,18-25H,2-3,17H2,1H3. The fraction of sp³-hybridized carbons (Fsp3) is 0.100. The van der Waals surface area contributed by atoms with Gasteiger partial charge in [0, 0.05) is 40.3 Å². The van der Waals surface area contributed by atoms with Crippen molar-refractivity contribution in [1.82, 2.24) is 0 Å². The van der Waals surface area contributed by atoms with Gasteiger partial charge in [-0.1, -0.05) is 123 Å². The highest BCUT2D eigenvalue weighted by atomic mass is 32.1. The lowest BCUT2D eigenvalue weighted by Crippen LogP contribution is -1.94. The molecule has 0 unspecified atom stereocenters. The van der Waals surface area contributed by atoms with Crippen molar-refractivity contribution in [2.45, 2.75) is 26.2 Å². The smallest absolute Gasteiger partial charge is 0.0400 e. The molecular weight excluding hydrogens is 545 g/mol. The second-order valence-corrected chi connectivity index (χ2v) is 13.2. The molecule has 0 spiro atoms. The van der Waals surface area contributed by atoms with Crippen molar-refractivity contribution in [1.29, 1.82) is 0 Å². The van der Waals surface area contributed by atoms with Crippen LogP contribution < -0.4 is 0 Å². The molecule has 0 aliphatic heterocycles. The lowest BCUT2D eigenvalue weighted by molar-refractivity contribution is 0.801. The van der Waals surface area contributed by atoms with Crippen molar-refractivity contribution in [2.24, 2.45) is 0 Å². The predicted molar refractivity (Wildman–Crippen MR) is 189 cm³/mol. The van der Waals surface area contributed by atoms with Crippen LogP contribution in [0.2, 0.25) is 0 Å². The maximum Gasteiger partial charge on any atom is 0.0400 e. The molecule has 2 heterocycles. The summed E-state index contributed by atoms with van der Waals surface area (Å²) in [6, 6.07) is 47.3. The molecule has 0 fully saturated rings. The van der Waals surface area contributed by atoms with Crippen molar-refractivity contribution in [2.75, 3.05) is 0 Å². The first kappa shape index (κ1) is 25.5. The Labute approximate surface area is 253 Å². The van der Waals surface area contributed by atoms with Crippen LogP contribution in [0.1, 0.15) is 25.3 Å². The SMILES string of the molecule is CCCCc1c(-c2ccccc2)c2c3ccccc3c3ccccc3sc3ccccc3c2c2c1sc1ccccc12. The third-order valence-corrected chi connectivity index (χ3v) is 10.9. The van der Waals surface area contributed by atoms with Gasteiger partial charge in [0.2, 0.25) is 0 Å². The summed E-state index contributed by atoms with van der Waals surface area (Å²) in [5, 5.41) is 10.7. The average molecular weight is 575 g/mol. The van der Waals surface area contributed by atoms with E-state index in [1.807, 2.05) is 22.7 Å². The van der Waals surface area contributed by atoms with E-state index >= 15 is 0 Å². The lowest BCUT2D eigenvalue weighted by Gasteiger charge is -2.18. The van der Waals surface area contributed by atoms with Crippen molar-refractivity contribution in [3.8, 4) is 11.1 Å². The average Bonchev–Trinajstić information content (AvgIpc) is 3.45. The first-order valence-corrected chi connectivity index (χ1v) is 16.5. The summed E-state index contributed by atoms with van der Waals surface area (Å²) in [5.41, 5.74) is 4.18. The summed E-state index contributed by atoms with van der Waals surface area (Å²) < 4.78 is 5.40. The van der Waals surface area contributed by atoms with E-state index in [1.54, 1.807) is 0 Å². The molecule has 0 bridgehead atoms. The zero-order chi connectivity index (χ0) is 28.0. The van der Waals surface area contributed by atoms with E-state index < -0.39 is 0 Å². The molecule has 202 valence electrons. The van der Waals surface area contributed by atoms with Gasteiger partial charge in [0.1, 0.15) is 0 Å². The Morgan fingerprint density at radius 1 is 0.452 bits per heavy atom. The van der Waals surface area contributed by atoms with Crippen LogP contribution in [0.3, 0.4) is 0 Å². The van der Waals surface area contributed by atoms with Crippen molar-refractivity contribution >= 4 is 84.6 Å². The maximum atomic E-state index is 2.36. The summed E-state index contributed by atoms with van der Waals surface area (Å²) >= 11 is 3.87. The number of rotatable bonds is 4. The molecule has 0 saturated carbocycles. The quantitative estimate of drug-likeness (QED) is 0.196. The largest absolute Gasteiger partial charge is 0.135 e. The zero-order valence-corrected chi connectivity index (χ0v) is 25.2. The molecule has 0 radical (unpaired) electrons. The third kappa shape index (κ3) is 4.01. The topological polar surface area (TPSA) is 0 Å². The van der Waals surface area contributed by atoms with E-state index in [1.165, 1.54) is 91.4 Å². The Bertz CT molecular complexity index is 2340. The molecule has 0 N–H and O–H groups in total. The van der Waals surface area contributed by atoms with Crippen LogP contribution in [0.4, 0.5) is 0 Å². The Morgan fingerprint density at radius 3 is 1.67 bits per heavy atom. The minimum absolute atomic E-state index is 1.06. The number of thiophene rings is 1. The van der Waals surface area contributed by atoms with Gasteiger partial charge in [-0.15, -0.1) is 22.7 Å². The summed E-state index contributed by atoms with van der Waals surface area (Å²) in [5.74, 6) is 0. The summed E-state index contributed by atoms with van der Waals surface area (Å²) in [6.45, 7) is 2.31. The molecule has 8 aromatic rings. The fourth-order valence-electron chi connectivity index (χ4n) is 6.67. The first-order valence-electron chi connectivity index (χ1n) is 14.8. The molecule has 2 aromatic heterocycles. The molecule has 8 rings (SSSR count). The monoisotopic (exact) mass is 574 g/mol. The van der Waals surface area contributed by atoms with E-state index in [2.05, 4.69) is 134 Å². The van der Waals surface area contributed by atoms with Gasteiger partial charge in [-0.25, -0.2) is 0 Å². The molecule has 0 nitrogen and oxygen atoms in total. The fourth-order valence-corrected chi connectivity index (χ4v) is 9.06. The van der Waals surface area contributed by atoms with Gasteiger partial charge in [-0.2, -0.15) is 0 Å². The van der Waals surface area contributed by atoms with Crippen LogP contribution in [0.5, 0.6) is 0 Å². The zero-order valence-electron chi connectivity index (χ0n) is 23.6. The molecular formula is C40H30S2. The van der Waals surface area contributed by atoms with Crippen molar-refractivity contribution in [3.05, 3.63) is 133 Å². The Balaban J connectivity index is 1.83. The molecule has 0 amide bonds. The van der Waals surface area contributed by atoms with Gasteiger partial charge in [0.05, 0.1) is 0 Å². The number of fused-ring (bicyclic) bond motifs is 11. The predicted octanol–water partition coefficient (Wildman–Crippen LogP) is 12.9. The van der Waals surface area contributed by atoms with E-state index in [9.17, 15) is 0 Å². The maximum absolute atomic E-state index is 2.36. The van der Waals surface area contributed by atoms with E-state index in [4.69, 9.17) is 0 Å². The van der Waals surface area contributed by atoms with Crippen LogP contribution in [-0.4, -0.2) is 0 Å². The molecule has 0 saturated heterocycles. The highest BCUT2D eigenvalue weighted by Gasteiger charge is 2.22. The minimum Gasteiger partial charge on any atom is -0.135 e. The first-order chi connectivity index (χ1) is 20.8. The van der Waals surface area contributed by atoms with Gasteiger partial charge in [-0.05, 0) is 69.3 Å². The van der Waals surface area contributed by atoms with E-state index in [-0.39, 0.29) is 0 Å². The lowest BCUT2D eigenvalue weighted by atomic mass is 9.86. The van der Waals surface area contributed by atoms with Crippen LogP contribution in [0, 0.1) is 0 Å². The van der Waals surface area contributed by atoms with Gasteiger partial charge in [-0.3, -0.25) is 0 Å². The third-order valence-electron chi connectivity index (χ3n) is 8.51. The second-order valence-electron chi connectivity index (χ2n) is 11.0. The second kappa shape index (κ2) is 10.5. The van der Waals surface area contributed by atoms with Gasteiger partial charge < -0.3 is 0 Å². The molecule has 0 aliphatic rings. The summed E-state index contributed by atoms with van der Waals surface area (Å²) in [6.07, 6.45) is 3.40. The Hall–Kier alpha value is -4.24. The van der Waals surface area contributed by atoms with Gasteiger partial charge in [0.15, 0.2) is 0 Å². The molecule has 0 atom stereocenters. The Morgan fingerprint density at radius 2 is 0.976 bits per heavy atom. The summed E-state index contributed by atoms with van der Waals surface area (Å²) in [7, 11) is 0.